The first-order valence-electron chi connectivity index (χ1n) is 9.58. The fraction of sp³-hybridized carbons (Fsp3) is 0.429. The van der Waals surface area contributed by atoms with Crippen molar-refractivity contribution >= 4 is 23.6 Å². The fourth-order valence-corrected chi connectivity index (χ4v) is 3.89. The lowest BCUT2D eigenvalue weighted by atomic mass is 10.1. The molecule has 1 aliphatic heterocycles. The van der Waals surface area contributed by atoms with E-state index in [4.69, 9.17) is 0 Å². The lowest BCUT2D eigenvalue weighted by molar-refractivity contribution is 0.0532. The number of hydrogen-bond donors (Lipinski definition) is 0. The fourth-order valence-electron chi connectivity index (χ4n) is 3.27. The van der Waals surface area contributed by atoms with Gasteiger partial charge in [0.1, 0.15) is 16.7 Å². The van der Waals surface area contributed by atoms with E-state index in [-0.39, 0.29) is 23.5 Å². The molecule has 8 heteroatoms. The molecule has 2 heterocycles. The van der Waals surface area contributed by atoms with Crippen LogP contribution in [0.25, 0.3) is 0 Å². The zero-order chi connectivity index (χ0) is 21.1. The van der Waals surface area contributed by atoms with Crippen LogP contribution in [0.1, 0.15) is 52.0 Å². The third kappa shape index (κ3) is 4.58. The normalized spacial score (nSPS) is 14.4. The maximum Gasteiger partial charge on any atom is 0.258 e. The molecule has 1 fully saturated rings. The van der Waals surface area contributed by atoms with Gasteiger partial charge in [-0.25, -0.2) is 14.4 Å². The second kappa shape index (κ2) is 8.90. The highest BCUT2D eigenvalue weighted by Crippen LogP contribution is 2.25. The predicted molar refractivity (Wildman–Crippen MR) is 111 cm³/mol. The van der Waals surface area contributed by atoms with E-state index in [0.29, 0.717) is 48.0 Å². The van der Waals surface area contributed by atoms with E-state index < -0.39 is 0 Å². The summed E-state index contributed by atoms with van der Waals surface area (Å²) >= 11 is 1.44. The number of carbonyl (C=O) groups excluding carboxylic acids is 2. The number of rotatable bonds is 4. The molecule has 0 atom stereocenters. The molecule has 0 radical (unpaired) electrons. The summed E-state index contributed by atoms with van der Waals surface area (Å²) in [5, 5.41) is 0.691. The Hall–Kier alpha value is -2.48. The van der Waals surface area contributed by atoms with Crippen molar-refractivity contribution in [1.29, 1.82) is 0 Å². The van der Waals surface area contributed by atoms with E-state index in [0.717, 1.165) is 5.82 Å². The maximum absolute atomic E-state index is 13.2. The van der Waals surface area contributed by atoms with Gasteiger partial charge in [-0.1, -0.05) is 13.8 Å². The van der Waals surface area contributed by atoms with E-state index in [1.54, 1.807) is 9.80 Å². The predicted octanol–water partition coefficient (Wildman–Crippen LogP) is 3.37. The van der Waals surface area contributed by atoms with Gasteiger partial charge in [-0.15, -0.1) is 11.8 Å². The van der Waals surface area contributed by atoms with Gasteiger partial charge in [-0.05, 0) is 37.4 Å². The molecule has 2 aromatic rings. The highest BCUT2D eigenvalue weighted by Gasteiger charge is 2.29. The van der Waals surface area contributed by atoms with Crippen LogP contribution in [0.4, 0.5) is 4.39 Å². The Morgan fingerprint density at radius 1 is 1.00 bits per heavy atom. The van der Waals surface area contributed by atoms with Gasteiger partial charge in [-0.3, -0.25) is 9.59 Å². The van der Waals surface area contributed by atoms with Gasteiger partial charge in [0.05, 0.1) is 11.3 Å². The lowest BCUT2D eigenvalue weighted by Gasteiger charge is -2.35. The SMILES string of the molecule is CSc1nc(C(C)C)nc(C)c1C(=O)N1CCN(C(=O)c2ccc(F)cc2)CC1. The molecular weight excluding hydrogens is 391 g/mol. The molecular formula is C21H25FN4O2S. The molecule has 6 nitrogen and oxygen atoms in total. The molecule has 3 rings (SSSR count). The van der Waals surface area contributed by atoms with Crippen molar-refractivity contribution < 1.29 is 14.0 Å². The van der Waals surface area contributed by atoms with Crippen LogP contribution >= 0.6 is 11.8 Å². The largest absolute Gasteiger partial charge is 0.335 e. The topological polar surface area (TPSA) is 66.4 Å². The van der Waals surface area contributed by atoms with Crippen molar-refractivity contribution in [1.82, 2.24) is 19.8 Å². The number of aryl methyl sites for hydroxylation is 1. The number of halogens is 1. The van der Waals surface area contributed by atoms with Gasteiger partial charge in [0.2, 0.25) is 0 Å². The highest BCUT2D eigenvalue weighted by atomic mass is 32.2. The third-order valence-corrected chi connectivity index (χ3v) is 5.63. The lowest BCUT2D eigenvalue weighted by Crippen LogP contribution is -2.50. The van der Waals surface area contributed by atoms with Gasteiger partial charge < -0.3 is 9.80 Å². The average Bonchev–Trinajstić information content (AvgIpc) is 2.72. The van der Waals surface area contributed by atoms with Gasteiger partial charge in [0.15, 0.2) is 0 Å². The molecule has 1 aromatic carbocycles. The summed E-state index contributed by atoms with van der Waals surface area (Å²) in [4.78, 5) is 38.3. The standard InChI is InChI=1S/C21H25FN4O2S/c1-13(2)18-23-14(3)17(19(24-18)29-4)21(28)26-11-9-25(10-12-26)20(27)15-5-7-16(22)8-6-15/h5-8,13H,9-12H2,1-4H3. The second-order valence-electron chi connectivity index (χ2n) is 7.30. The molecule has 2 amide bonds. The van der Waals surface area contributed by atoms with Crippen molar-refractivity contribution in [2.24, 2.45) is 0 Å². The minimum Gasteiger partial charge on any atom is -0.335 e. The molecule has 29 heavy (non-hydrogen) atoms. The average molecular weight is 417 g/mol. The number of piperazine rings is 1. The summed E-state index contributed by atoms with van der Waals surface area (Å²) < 4.78 is 13.1. The van der Waals surface area contributed by atoms with Crippen molar-refractivity contribution in [3.63, 3.8) is 0 Å². The minimum absolute atomic E-state index is 0.101. The van der Waals surface area contributed by atoms with Crippen LogP contribution in [0.2, 0.25) is 0 Å². The Morgan fingerprint density at radius 2 is 1.55 bits per heavy atom. The number of thioether (sulfide) groups is 1. The zero-order valence-electron chi connectivity index (χ0n) is 17.1. The number of nitrogens with zero attached hydrogens (tertiary/aromatic N) is 4. The van der Waals surface area contributed by atoms with Crippen LogP contribution in [0.5, 0.6) is 0 Å². The molecule has 0 saturated carbocycles. The number of carbonyl (C=O) groups is 2. The van der Waals surface area contributed by atoms with Crippen LogP contribution in [0.3, 0.4) is 0 Å². The minimum atomic E-state index is -0.373. The summed E-state index contributed by atoms with van der Waals surface area (Å²) in [6.07, 6.45) is 1.90. The highest BCUT2D eigenvalue weighted by molar-refractivity contribution is 7.98. The van der Waals surface area contributed by atoms with E-state index in [9.17, 15) is 14.0 Å². The Bertz CT molecular complexity index is 910. The van der Waals surface area contributed by atoms with Crippen molar-refractivity contribution in [3.05, 3.63) is 52.7 Å². The molecule has 0 N–H and O–H groups in total. The monoisotopic (exact) mass is 416 g/mol. The Morgan fingerprint density at radius 3 is 2.07 bits per heavy atom. The molecule has 0 unspecified atom stereocenters. The molecule has 1 saturated heterocycles. The zero-order valence-corrected chi connectivity index (χ0v) is 17.9. The first-order chi connectivity index (χ1) is 13.8. The number of aromatic nitrogens is 2. The van der Waals surface area contributed by atoms with Crippen LogP contribution in [0.15, 0.2) is 29.3 Å². The first kappa shape index (κ1) is 21.2. The molecule has 1 aliphatic rings. The summed E-state index contributed by atoms with van der Waals surface area (Å²) in [5.74, 6) is 0.296. The molecule has 1 aromatic heterocycles. The molecule has 0 spiro atoms. The summed E-state index contributed by atoms with van der Waals surface area (Å²) in [7, 11) is 0. The molecule has 0 aliphatic carbocycles. The first-order valence-corrected chi connectivity index (χ1v) is 10.8. The maximum atomic E-state index is 13.2. The molecule has 154 valence electrons. The third-order valence-electron chi connectivity index (χ3n) is 4.94. The van der Waals surface area contributed by atoms with Crippen molar-refractivity contribution in [3.8, 4) is 0 Å². The van der Waals surface area contributed by atoms with E-state index in [2.05, 4.69) is 9.97 Å². The van der Waals surface area contributed by atoms with E-state index in [1.807, 2.05) is 27.0 Å². The Balaban J connectivity index is 1.72. The van der Waals surface area contributed by atoms with Crippen molar-refractivity contribution in [2.75, 3.05) is 32.4 Å². The van der Waals surface area contributed by atoms with Gasteiger partial charge in [0.25, 0.3) is 11.8 Å². The number of hydrogen-bond acceptors (Lipinski definition) is 5. The summed E-state index contributed by atoms with van der Waals surface area (Å²) in [6, 6.07) is 5.52. The smallest absolute Gasteiger partial charge is 0.258 e. The summed E-state index contributed by atoms with van der Waals surface area (Å²) in [5.41, 5.74) is 1.67. The van der Waals surface area contributed by atoms with Crippen LogP contribution in [-0.2, 0) is 0 Å². The van der Waals surface area contributed by atoms with Crippen LogP contribution in [-0.4, -0.2) is 64.0 Å². The quantitative estimate of drug-likeness (QED) is 0.565. The van der Waals surface area contributed by atoms with Gasteiger partial charge >= 0.3 is 0 Å². The molecule has 0 bridgehead atoms. The van der Waals surface area contributed by atoms with E-state index >= 15 is 0 Å². The van der Waals surface area contributed by atoms with Crippen molar-refractivity contribution in [2.45, 2.75) is 31.7 Å². The number of amides is 2. The number of benzene rings is 1. The van der Waals surface area contributed by atoms with Gasteiger partial charge in [-0.2, -0.15) is 0 Å². The Kier molecular flexibility index (Phi) is 6.52. The van der Waals surface area contributed by atoms with Crippen LogP contribution in [0, 0.1) is 12.7 Å². The van der Waals surface area contributed by atoms with Crippen LogP contribution < -0.4 is 0 Å². The second-order valence-corrected chi connectivity index (χ2v) is 8.09. The Labute approximate surface area is 174 Å². The van der Waals surface area contributed by atoms with E-state index in [1.165, 1.54) is 36.0 Å². The van der Waals surface area contributed by atoms with Gasteiger partial charge in [0, 0.05) is 37.7 Å². The summed E-state index contributed by atoms with van der Waals surface area (Å²) in [6.45, 7) is 7.63.